The van der Waals surface area contributed by atoms with Crippen molar-refractivity contribution in [1.82, 2.24) is 24.2 Å². The maximum absolute atomic E-state index is 13.2. The molecule has 148 valence electrons. The van der Waals surface area contributed by atoms with Gasteiger partial charge in [-0.05, 0) is 30.5 Å². The van der Waals surface area contributed by atoms with E-state index in [0.29, 0.717) is 41.2 Å². The fourth-order valence-electron chi connectivity index (χ4n) is 3.51. The third-order valence-electron chi connectivity index (χ3n) is 5.12. The van der Waals surface area contributed by atoms with Gasteiger partial charge in [-0.2, -0.15) is 14.4 Å². The highest BCUT2D eigenvalue weighted by molar-refractivity contribution is 7.89. The van der Waals surface area contributed by atoms with Gasteiger partial charge in [-0.15, -0.1) is 0 Å². The zero-order chi connectivity index (χ0) is 20.1. The third-order valence-corrected chi connectivity index (χ3v) is 6.98. The Morgan fingerprint density at radius 3 is 2.50 bits per heavy atom. The summed E-state index contributed by atoms with van der Waals surface area (Å²) in [4.78, 5) is 4.56. The van der Waals surface area contributed by atoms with Crippen molar-refractivity contribution in [2.75, 3.05) is 6.54 Å². The second kappa shape index (κ2) is 6.82. The summed E-state index contributed by atoms with van der Waals surface area (Å²) in [5.41, 5.74) is 3.47. The number of benzene rings is 1. The first-order chi connectivity index (χ1) is 13.3. The van der Waals surface area contributed by atoms with Crippen molar-refractivity contribution in [3.8, 4) is 11.6 Å². The van der Waals surface area contributed by atoms with E-state index in [9.17, 15) is 8.42 Å². The van der Waals surface area contributed by atoms with E-state index in [0.717, 1.165) is 16.8 Å². The van der Waals surface area contributed by atoms with Crippen LogP contribution in [0.2, 0.25) is 0 Å². The molecular formula is C19H23N5O3S. The topological polar surface area (TPSA) is 94.1 Å². The lowest BCUT2D eigenvalue weighted by molar-refractivity contribution is 0.385. The number of aromatic nitrogens is 4. The Morgan fingerprint density at radius 1 is 1.18 bits per heavy atom. The monoisotopic (exact) mass is 401 g/mol. The standard InChI is InChI=1S/C19H23N5O3S/c1-12(2)14-5-7-15(8-6-14)28(25,26)24-10-9-17-16(11-24)18(21-23(17)4)19-20-13(3)22-27-19/h5-8,12H,9-11H2,1-4H3. The Kier molecular flexibility index (Phi) is 4.59. The molecule has 0 saturated carbocycles. The first-order valence-electron chi connectivity index (χ1n) is 9.23. The van der Waals surface area contributed by atoms with Crippen molar-refractivity contribution >= 4 is 10.0 Å². The Bertz CT molecular complexity index is 1110. The summed E-state index contributed by atoms with van der Waals surface area (Å²) in [5.74, 6) is 1.18. The van der Waals surface area contributed by atoms with Gasteiger partial charge >= 0.3 is 0 Å². The van der Waals surface area contributed by atoms with Gasteiger partial charge in [0.15, 0.2) is 11.5 Å². The number of rotatable bonds is 4. The number of fused-ring (bicyclic) bond motifs is 1. The molecule has 3 aromatic rings. The predicted octanol–water partition coefficient (Wildman–Crippen LogP) is 2.65. The average Bonchev–Trinajstić information content (AvgIpc) is 3.25. The van der Waals surface area contributed by atoms with Gasteiger partial charge in [0, 0.05) is 37.8 Å². The van der Waals surface area contributed by atoms with Crippen molar-refractivity contribution in [2.24, 2.45) is 7.05 Å². The lowest BCUT2D eigenvalue weighted by Crippen LogP contribution is -2.36. The summed E-state index contributed by atoms with van der Waals surface area (Å²) in [6, 6.07) is 7.13. The molecule has 1 aliphatic rings. The largest absolute Gasteiger partial charge is 0.332 e. The van der Waals surface area contributed by atoms with Crippen LogP contribution < -0.4 is 0 Å². The van der Waals surface area contributed by atoms with Crippen molar-refractivity contribution in [1.29, 1.82) is 0 Å². The maximum atomic E-state index is 13.2. The van der Waals surface area contributed by atoms with E-state index >= 15 is 0 Å². The van der Waals surface area contributed by atoms with Crippen molar-refractivity contribution < 1.29 is 12.9 Å². The fourth-order valence-corrected chi connectivity index (χ4v) is 4.92. The van der Waals surface area contributed by atoms with Crippen LogP contribution in [-0.4, -0.2) is 39.2 Å². The number of aryl methyl sites for hydroxylation is 2. The highest BCUT2D eigenvalue weighted by atomic mass is 32.2. The Hall–Kier alpha value is -2.52. The minimum Gasteiger partial charge on any atom is -0.332 e. The van der Waals surface area contributed by atoms with Gasteiger partial charge < -0.3 is 4.52 Å². The fraction of sp³-hybridized carbons (Fsp3) is 0.421. The van der Waals surface area contributed by atoms with Crippen LogP contribution in [0, 0.1) is 6.92 Å². The number of hydrogen-bond acceptors (Lipinski definition) is 6. The van der Waals surface area contributed by atoms with Crippen LogP contribution >= 0.6 is 0 Å². The Balaban J connectivity index is 1.68. The quantitative estimate of drug-likeness (QED) is 0.667. The van der Waals surface area contributed by atoms with Crippen molar-refractivity contribution in [2.45, 2.75) is 44.6 Å². The molecule has 0 fully saturated rings. The molecule has 0 unspecified atom stereocenters. The summed E-state index contributed by atoms with van der Waals surface area (Å²) >= 11 is 0. The van der Waals surface area contributed by atoms with Crippen molar-refractivity contribution in [3.63, 3.8) is 0 Å². The first kappa shape index (κ1) is 18.8. The highest BCUT2D eigenvalue weighted by Gasteiger charge is 2.33. The molecule has 2 aromatic heterocycles. The molecule has 9 heteroatoms. The van der Waals surface area contributed by atoms with E-state index in [-0.39, 0.29) is 6.54 Å². The van der Waals surface area contributed by atoms with E-state index in [1.165, 1.54) is 4.31 Å². The van der Waals surface area contributed by atoms with Gasteiger partial charge in [0.25, 0.3) is 5.89 Å². The smallest absolute Gasteiger partial charge is 0.278 e. The molecule has 0 spiro atoms. The minimum atomic E-state index is -3.60. The predicted molar refractivity (Wildman–Crippen MR) is 103 cm³/mol. The van der Waals surface area contributed by atoms with Crippen LogP contribution in [0.15, 0.2) is 33.7 Å². The van der Waals surface area contributed by atoms with E-state index in [1.54, 1.807) is 23.7 Å². The molecule has 0 atom stereocenters. The molecule has 3 heterocycles. The molecule has 0 aliphatic carbocycles. The third kappa shape index (κ3) is 3.14. The second-order valence-corrected chi connectivity index (χ2v) is 9.29. The van der Waals surface area contributed by atoms with E-state index < -0.39 is 10.0 Å². The summed E-state index contributed by atoms with van der Waals surface area (Å²) in [6.45, 7) is 6.54. The maximum Gasteiger partial charge on any atom is 0.278 e. The molecule has 0 saturated heterocycles. The molecule has 8 nitrogen and oxygen atoms in total. The molecular weight excluding hydrogens is 378 g/mol. The van der Waals surface area contributed by atoms with Crippen LogP contribution in [0.5, 0.6) is 0 Å². The normalized spacial score (nSPS) is 15.2. The lowest BCUT2D eigenvalue weighted by Gasteiger charge is -2.27. The summed E-state index contributed by atoms with van der Waals surface area (Å²) in [6.07, 6.45) is 0.579. The van der Waals surface area contributed by atoms with Crippen LogP contribution in [-0.2, 0) is 30.0 Å². The molecule has 0 bridgehead atoms. The van der Waals surface area contributed by atoms with Crippen LogP contribution in [0.4, 0.5) is 0 Å². The van der Waals surface area contributed by atoms with Gasteiger partial charge in [0.1, 0.15) is 0 Å². The molecule has 1 aromatic carbocycles. The molecule has 4 rings (SSSR count). The van der Waals surface area contributed by atoms with Gasteiger partial charge in [0.05, 0.1) is 4.90 Å². The van der Waals surface area contributed by atoms with Crippen LogP contribution in [0.1, 0.15) is 42.4 Å². The Morgan fingerprint density at radius 2 is 1.89 bits per heavy atom. The van der Waals surface area contributed by atoms with E-state index in [4.69, 9.17) is 4.52 Å². The van der Waals surface area contributed by atoms with Crippen LogP contribution in [0.3, 0.4) is 0 Å². The van der Waals surface area contributed by atoms with Gasteiger partial charge in [-0.3, -0.25) is 4.68 Å². The Labute approximate surface area is 164 Å². The number of nitrogens with zero attached hydrogens (tertiary/aromatic N) is 5. The lowest BCUT2D eigenvalue weighted by atomic mass is 10.0. The number of sulfonamides is 1. The molecule has 0 radical (unpaired) electrons. The second-order valence-electron chi connectivity index (χ2n) is 7.36. The average molecular weight is 401 g/mol. The summed E-state index contributed by atoms with van der Waals surface area (Å²) < 4.78 is 34.9. The van der Waals surface area contributed by atoms with Gasteiger partial charge in [0.2, 0.25) is 10.0 Å². The van der Waals surface area contributed by atoms with E-state index in [1.807, 2.05) is 19.2 Å². The van der Waals surface area contributed by atoms with Gasteiger partial charge in [-0.25, -0.2) is 8.42 Å². The van der Waals surface area contributed by atoms with Gasteiger partial charge in [-0.1, -0.05) is 31.1 Å². The zero-order valence-electron chi connectivity index (χ0n) is 16.4. The van der Waals surface area contributed by atoms with Crippen LogP contribution in [0.25, 0.3) is 11.6 Å². The molecule has 28 heavy (non-hydrogen) atoms. The zero-order valence-corrected chi connectivity index (χ0v) is 17.2. The molecule has 0 amide bonds. The van der Waals surface area contributed by atoms with E-state index in [2.05, 4.69) is 29.1 Å². The summed E-state index contributed by atoms with van der Waals surface area (Å²) in [7, 11) is -1.75. The summed E-state index contributed by atoms with van der Waals surface area (Å²) in [5, 5.41) is 8.32. The molecule has 1 aliphatic heterocycles. The van der Waals surface area contributed by atoms with Crippen molar-refractivity contribution in [3.05, 3.63) is 46.9 Å². The number of hydrogen-bond donors (Lipinski definition) is 0. The molecule has 0 N–H and O–H groups in total. The minimum absolute atomic E-state index is 0.230. The highest BCUT2D eigenvalue weighted by Crippen LogP contribution is 2.31. The SMILES string of the molecule is Cc1noc(-c2nn(C)c3c2CN(S(=O)(=O)c2ccc(C(C)C)cc2)CC3)n1. The first-order valence-corrected chi connectivity index (χ1v) is 10.7.